The molecule has 7 nitrogen and oxygen atoms in total. The molecular weight excluding hydrogens is 526 g/mol. The van der Waals surface area contributed by atoms with Crippen molar-refractivity contribution in [3.63, 3.8) is 0 Å². The van der Waals surface area contributed by atoms with Gasteiger partial charge in [0, 0.05) is 55.6 Å². The molecule has 0 aromatic heterocycles. The lowest BCUT2D eigenvalue weighted by Gasteiger charge is -2.33. The predicted molar refractivity (Wildman–Crippen MR) is 181 cm³/mol. The minimum absolute atomic E-state index is 0. The highest BCUT2D eigenvalue weighted by Crippen LogP contribution is 2.50. The Kier molecular flexibility index (Phi) is 20.6. The second-order valence-corrected chi connectivity index (χ2v) is 15.1. The van der Waals surface area contributed by atoms with Crippen molar-refractivity contribution >= 4 is 17.5 Å². The summed E-state index contributed by atoms with van der Waals surface area (Å²) in [5, 5.41) is 3.12. The highest BCUT2D eigenvalue weighted by atomic mass is 16.5. The van der Waals surface area contributed by atoms with E-state index in [1.165, 1.54) is 32.1 Å². The molecular formula is C35H73N3O4. The molecule has 3 rings (SSSR count). The molecule has 252 valence electrons. The summed E-state index contributed by atoms with van der Waals surface area (Å²) in [7, 11) is 3.79. The summed E-state index contributed by atoms with van der Waals surface area (Å²) in [4.78, 5) is 39.8. The van der Waals surface area contributed by atoms with Crippen molar-refractivity contribution in [2.75, 3.05) is 53.5 Å². The van der Waals surface area contributed by atoms with Gasteiger partial charge in [0.2, 0.25) is 5.91 Å². The summed E-state index contributed by atoms with van der Waals surface area (Å²) in [6.07, 6.45) is 8.24. The highest BCUT2D eigenvalue weighted by Gasteiger charge is 2.52. The molecule has 42 heavy (non-hydrogen) atoms. The lowest BCUT2D eigenvalue weighted by Crippen LogP contribution is -2.47. The Bertz CT molecular complexity index is 772. The highest BCUT2D eigenvalue weighted by molar-refractivity contribution is 5.91. The number of nitrogens with one attached hydrogen (secondary N) is 1. The number of nitrogens with zero attached hydrogens (tertiary/aromatic N) is 2. The first-order chi connectivity index (χ1) is 17.8. The number of Topliss-reactive ketones (excluding diaryl/α,β-unsaturated/α-hetero) is 2. The molecule has 1 aliphatic heterocycles. The van der Waals surface area contributed by atoms with Crippen molar-refractivity contribution in [2.45, 2.75) is 136 Å². The number of amides is 1. The minimum Gasteiger partial charge on any atom is -0.384 e. The average molecular weight is 600 g/mol. The molecule has 1 amide bonds. The summed E-state index contributed by atoms with van der Waals surface area (Å²) < 4.78 is 5.06. The first-order valence-electron chi connectivity index (χ1n) is 15.1. The largest absolute Gasteiger partial charge is 0.384 e. The summed E-state index contributed by atoms with van der Waals surface area (Å²) in [5.41, 5.74) is -0.761. The van der Waals surface area contributed by atoms with E-state index >= 15 is 0 Å². The molecule has 3 aliphatic rings. The molecule has 0 spiro atoms. The third-order valence-corrected chi connectivity index (χ3v) is 7.86. The second-order valence-electron chi connectivity index (χ2n) is 15.1. The zero-order valence-corrected chi connectivity index (χ0v) is 27.3. The lowest BCUT2D eigenvalue weighted by atomic mass is 9.81. The number of likely N-dealkylation sites (N-methyl/N-ethyl adjacent to an activating group) is 1. The Morgan fingerprint density at radius 1 is 0.762 bits per heavy atom. The first kappa shape index (κ1) is 45.1. The van der Waals surface area contributed by atoms with Crippen molar-refractivity contribution in [3.05, 3.63) is 0 Å². The van der Waals surface area contributed by atoms with E-state index in [1.54, 1.807) is 7.11 Å². The van der Waals surface area contributed by atoms with Crippen LogP contribution >= 0.6 is 0 Å². The van der Waals surface area contributed by atoms with Gasteiger partial charge in [-0.3, -0.25) is 19.3 Å². The summed E-state index contributed by atoms with van der Waals surface area (Å²) >= 11 is 0. The van der Waals surface area contributed by atoms with E-state index in [0.717, 1.165) is 39.0 Å². The first-order valence-corrected chi connectivity index (χ1v) is 15.1. The van der Waals surface area contributed by atoms with Gasteiger partial charge < -0.3 is 15.0 Å². The van der Waals surface area contributed by atoms with E-state index < -0.39 is 0 Å². The van der Waals surface area contributed by atoms with Gasteiger partial charge >= 0.3 is 0 Å². The van der Waals surface area contributed by atoms with Crippen LogP contribution in [0.1, 0.15) is 130 Å². The fourth-order valence-electron chi connectivity index (χ4n) is 4.75. The number of hydrogen-bond donors (Lipinski definition) is 1. The Morgan fingerprint density at radius 3 is 1.60 bits per heavy atom. The Hall–Kier alpha value is -1.31. The molecule has 0 bridgehead atoms. The van der Waals surface area contributed by atoms with E-state index in [2.05, 4.69) is 22.2 Å². The third kappa shape index (κ3) is 16.5. The molecule has 2 saturated carbocycles. The van der Waals surface area contributed by atoms with Gasteiger partial charge in [-0.1, -0.05) is 104 Å². The van der Waals surface area contributed by atoms with Crippen LogP contribution in [0.25, 0.3) is 0 Å². The Morgan fingerprint density at radius 2 is 1.24 bits per heavy atom. The molecule has 0 unspecified atom stereocenters. The topological polar surface area (TPSA) is 79.0 Å². The van der Waals surface area contributed by atoms with Crippen LogP contribution < -0.4 is 5.32 Å². The number of ether oxygens (including phenoxy) is 1. The van der Waals surface area contributed by atoms with Crippen LogP contribution in [0, 0.1) is 21.7 Å². The third-order valence-electron chi connectivity index (χ3n) is 7.86. The van der Waals surface area contributed by atoms with Gasteiger partial charge in [-0.2, -0.15) is 0 Å². The number of carbonyl (C=O) groups excluding carboxylic acids is 3. The van der Waals surface area contributed by atoms with Crippen LogP contribution in [-0.4, -0.2) is 86.8 Å². The van der Waals surface area contributed by atoms with Crippen molar-refractivity contribution in [1.29, 1.82) is 0 Å². The van der Waals surface area contributed by atoms with Gasteiger partial charge in [-0.05, 0) is 32.7 Å². The van der Waals surface area contributed by atoms with Gasteiger partial charge in [0.1, 0.15) is 5.78 Å². The van der Waals surface area contributed by atoms with Gasteiger partial charge in [0.15, 0.2) is 5.78 Å². The maximum atomic E-state index is 11.9. The molecule has 2 aliphatic carbocycles. The van der Waals surface area contributed by atoms with E-state index in [0.29, 0.717) is 30.8 Å². The molecule has 7 heteroatoms. The van der Waals surface area contributed by atoms with Crippen molar-refractivity contribution in [1.82, 2.24) is 15.1 Å². The maximum absolute atomic E-state index is 11.9. The minimum atomic E-state index is -0.239. The number of hydrogen-bond acceptors (Lipinski definition) is 6. The second kappa shape index (κ2) is 19.2. The fourth-order valence-corrected chi connectivity index (χ4v) is 4.75. The predicted octanol–water partition coefficient (Wildman–Crippen LogP) is 7.27. The molecule has 3 fully saturated rings. The SMILES string of the molecule is C.C.C.CC(C)(C)C(=O)NC1CCCCC1.CN1CCN(CC(=O)C(C)(C)C)CC1.COCC1(C(=O)C(C)(C)C)CC1. The lowest BCUT2D eigenvalue weighted by molar-refractivity contribution is -0.133. The number of ketones is 2. The van der Waals surface area contributed by atoms with Crippen LogP contribution in [0.15, 0.2) is 0 Å². The van der Waals surface area contributed by atoms with Gasteiger partial charge in [-0.25, -0.2) is 0 Å². The average Bonchev–Trinajstić information content (AvgIpc) is 3.60. The summed E-state index contributed by atoms with van der Waals surface area (Å²) in [6.45, 7) is 23.2. The van der Waals surface area contributed by atoms with Crippen LogP contribution in [0.5, 0.6) is 0 Å². The van der Waals surface area contributed by atoms with Crippen LogP contribution in [0.4, 0.5) is 0 Å². The molecule has 0 aromatic carbocycles. The van der Waals surface area contributed by atoms with Gasteiger partial charge in [0.25, 0.3) is 0 Å². The smallest absolute Gasteiger partial charge is 0.225 e. The summed E-state index contributed by atoms with van der Waals surface area (Å²) in [5.74, 6) is 0.901. The normalized spacial score (nSPS) is 19.1. The number of carbonyl (C=O) groups is 3. The van der Waals surface area contributed by atoms with Crippen LogP contribution in [-0.2, 0) is 19.1 Å². The zero-order valence-electron chi connectivity index (χ0n) is 27.3. The quantitative estimate of drug-likeness (QED) is 0.346. The molecule has 1 N–H and O–H groups in total. The van der Waals surface area contributed by atoms with E-state index in [9.17, 15) is 14.4 Å². The number of rotatable bonds is 6. The fraction of sp³-hybridized carbons (Fsp3) is 0.914. The van der Waals surface area contributed by atoms with Crippen LogP contribution in [0.3, 0.4) is 0 Å². The number of methoxy groups -OCH3 is 1. The van der Waals surface area contributed by atoms with E-state index in [1.807, 2.05) is 62.3 Å². The number of piperazine rings is 1. The van der Waals surface area contributed by atoms with E-state index in [-0.39, 0.29) is 49.8 Å². The Labute approximate surface area is 262 Å². The molecule has 0 atom stereocenters. The molecule has 0 radical (unpaired) electrons. The summed E-state index contributed by atoms with van der Waals surface area (Å²) in [6, 6.07) is 0.445. The molecule has 1 heterocycles. The van der Waals surface area contributed by atoms with Gasteiger partial charge in [0.05, 0.1) is 18.6 Å². The van der Waals surface area contributed by atoms with Crippen molar-refractivity contribution in [3.8, 4) is 0 Å². The van der Waals surface area contributed by atoms with Crippen LogP contribution in [0.2, 0.25) is 0 Å². The zero-order chi connectivity index (χ0) is 30.1. The Balaban J connectivity index is -0.000000526. The van der Waals surface area contributed by atoms with Crippen molar-refractivity contribution in [2.24, 2.45) is 21.7 Å². The molecule has 1 saturated heterocycles. The van der Waals surface area contributed by atoms with E-state index in [4.69, 9.17) is 4.74 Å². The standard InChI is InChI=1S/C11H22N2O.C11H21NO.C10H18O2.3CH4/c1-11(2,3)10(14)9-13-7-5-12(4)6-8-13;1-11(2,3)10(13)12-9-7-5-4-6-8-9;1-9(2,3)8(11)10(5-6-10)7-12-4;;;/h5-9H2,1-4H3;9H,4-8H2,1-3H3,(H,12,13);5-7H2,1-4H3;3*1H4. The van der Waals surface area contributed by atoms with Gasteiger partial charge in [-0.15, -0.1) is 0 Å². The van der Waals surface area contributed by atoms with Crippen molar-refractivity contribution < 1.29 is 19.1 Å². The maximum Gasteiger partial charge on any atom is 0.225 e. The molecule has 0 aromatic rings. The monoisotopic (exact) mass is 600 g/mol.